The molecule has 0 aliphatic rings. The molecule has 2 aromatic rings. The van der Waals surface area contributed by atoms with Gasteiger partial charge in [-0.25, -0.2) is 0 Å². The fraction of sp³-hybridized carbons (Fsp3) is 0.222. The van der Waals surface area contributed by atoms with Crippen molar-refractivity contribution in [2.75, 3.05) is 0 Å². The first-order chi connectivity index (χ1) is 9.56. The third-order valence-corrected chi connectivity index (χ3v) is 3.35. The van der Waals surface area contributed by atoms with Crippen LogP contribution in [0.1, 0.15) is 45.2 Å². The van der Waals surface area contributed by atoms with E-state index >= 15 is 0 Å². The maximum absolute atomic E-state index is 12.1. The molecule has 0 amide bonds. The van der Waals surface area contributed by atoms with E-state index in [1.807, 2.05) is 6.92 Å². The molecule has 0 radical (unpaired) electrons. The van der Waals surface area contributed by atoms with Crippen LogP contribution in [0.25, 0.3) is 0 Å². The van der Waals surface area contributed by atoms with E-state index in [1.54, 1.807) is 24.3 Å². The molecule has 20 heavy (non-hydrogen) atoms. The lowest BCUT2D eigenvalue weighted by molar-refractivity contribution is 0.0983. The third kappa shape index (κ3) is 3.64. The molecule has 102 valence electrons. The maximum Gasteiger partial charge on any atom is 0.163 e. The number of hydrogen-bond donors (Lipinski definition) is 0. The van der Waals surface area contributed by atoms with Gasteiger partial charge in [-0.2, -0.15) is 0 Å². The number of rotatable bonds is 5. The highest BCUT2D eigenvalue weighted by Gasteiger charge is 2.08. The second-order valence-electron chi connectivity index (χ2n) is 5.05. The molecule has 0 atom stereocenters. The molecule has 0 saturated carbocycles. The molecule has 0 bridgehead atoms. The summed E-state index contributed by atoms with van der Waals surface area (Å²) in [6, 6.07) is 15.1. The highest BCUT2D eigenvalue weighted by molar-refractivity contribution is 6.00. The Hall–Kier alpha value is -2.22. The van der Waals surface area contributed by atoms with Gasteiger partial charge in [-0.1, -0.05) is 48.0 Å². The molecule has 0 spiro atoms. The molecule has 0 aliphatic heterocycles. The highest BCUT2D eigenvalue weighted by atomic mass is 16.1. The first-order valence-electron chi connectivity index (χ1n) is 6.76. The summed E-state index contributed by atoms with van der Waals surface area (Å²) < 4.78 is 0. The summed E-state index contributed by atoms with van der Waals surface area (Å²) >= 11 is 0. The van der Waals surface area contributed by atoms with Crippen molar-refractivity contribution < 1.29 is 9.59 Å². The molecular weight excluding hydrogens is 248 g/mol. The van der Waals surface area contributed by atoms with Crippen LogP contribution in [-0.4, -0.2) is 11.6 Å². The number of carbonyl (C=O) groups excluding carboxylic acids is 2. The summed E-state index contributed by atoms with van der Waals surface area (Å²) in [5.41, 5.74) is 3.58. The van der Waals surface area contributed by atoms with E-state index in [9.17, 15) is 9.59 Å². The van der Waals surface area contributed by atoms with E-state index < -0.39 is 0 Å². The second-order valence-corrected chi connectivity index (χ2v) is 5.05. The SMILES string of the molecule is CC(=O)c1cccc(C(=O)CCc2ccc(C)cc2)c1. The lowest BCUT2D eigenvalue weighted by Gasteiger charge is -2.04. The Labute approximate surface area is 119 Å². The quantitative estimate of drug-likeness (QED) is 0.766. The minimum absolute atomic E-state index is 0.0156. The van der Waals surface area contributed by atoms with Gasteiger partial charge in [-0.15, -0.1) is 0 Å². The predicted molar refractivity (Wildman–Crippen MR) is 80.3 cm³/mol. The van der Waals surface area contributed by atoms with Gasteiger partial charge in [0, 0.05) is 17.5 Å². The van der Waals surface area contributed by atoms with Crippen LogP contribution in [0, 0.1) is 6.92 Å². The topological polar surface area (TPSA) is 34.1 Å². The van der Waals surface area contributed by atoms with Crippen LogP contribution in [-0.2, 0) is 6.42 Å². The summed E-state index contributed by atoms with van der Waals surface area (Å²) in [7, 11) is 0. The summed E-state index contributed by atoms with van der Waals surface area (Å²) in [5.74, 6) is 0.0619. The molecule has 0 N–H and O–H groups in total. The van der Waals surface area contributed by atoms with Crippen molar-refractivity contribution in [2.45, 2.75) is 26.7 Å². The van der Waals surface area contributed by atoms with E-state index in [1.165, 1.54) is 12.5 Å². The van der Waals surface area contributed by atoms with Gasteiger partial charge in [0.1, 0.15) is 0 Å². The first-order valence-corrected chi connectivity index (χ1v) is 6.76. The molecular formula is C18H18O2. The van der Waals surface area contributed by atoms with Gasteiger partial charge in [0.2, 0.25) is 0 Å². The number of carbonyl (C=O) groups is 2. The van der Waals surface area contributed by atoms with Crippen molar-refractivity contribution in [3.63, 3.8) is 0 Å². The van der Waals surface area contributed by atoms with Gasteiger partial charge in [0.25, 0.3) is 0 Å². The number of benzene rings is 2. The number of hydrogen-bond acceptors (Lipinski definition) is 2. The number of Topliss-reactive ketones (excluding diaryl/α,β-unsaturated/α-hetero) is 2. The molecule has 2 nitrogen and oxygen atoms in total. The first kappa shape index (κ1) is 14.2. The normalized spacial score (nSPS) is 10.3. The molecule has 0 saturated heterocycles. The molecule has 0 heterocycles. The summed E-state index contributed by atoms with van der Waals surface area (Å²) in [4.78, 5) is 23.5. The Morgan fingerprint density at radius 3 is 2.25 bits per heavy atom. The van der Waals surface area contributed by atoms with Gasteiger partial charge in [0.15, 0.2) is 11.6 Å². The molecule has 2 rings (SSSR count). The van der Waals surface area contributed by atoms with E-state index in [0.29, 0.717) is 17.5 Å². The number of aryl methyl sites for hydroxylation is 2. The Balaban J connectivity index is 2.03. The fourth-order valence-electron chi connectivity index (χ4n) is 2.07. The fourth-order valence-corrected chi connectivity index (χ4v) is 2.07. The van der Waals surface area contributed by atoms with Gasteiger partial charge in [-0.05, 0) is 31.9 Å². The van der Waals surface area contributed by atoms with Crippen LogP contribution in [0.2, 0.25) is 0 Å². The third-order valence-electron chi connectivity index (χ3n) is 3.35. The molecule has 0 unspecified atom stereocenters. The zero-order valence-corrected chi connectivity index (χ0v) is 11.8. The van der Waals surface area contributed by atoms with Crippen molar-refractivity contribution in [3.05, 3.63) is 70.8 Å². The average molecular weight is 266 g/mol. The van der Waals surface area contributed by atoms with E-state index in [4.69, 9.17) is 0 Å². The average Bonchev–Trinajstić information content (AvgIpc) is 2.46. The Morgan fingerprint density at radius 2 is 1.60 bits per heavy atom. The van der Waals surface area contributed by atoms with Crippen molar-refractivity contribution in [1.82, 2.24) is 0 Å². The van der Waals surface area contributed by atoms with Crippen molar-refractivity contribution >= 4 is 11.6 Å². The Bertz CT molecular complexity index is 624. The van der Waals surface area contributed by atoms with E-state index in [-0.39, 0.29) is 11.6 Å². The summed E-state index contributed by atoms with van der Waals surface area (Å²) in [6.45, 7) is 3.55. The lowest BCUT2D eigenvalue weighted by atomic mass is 10.00. The number of ketones is 2. The van der Waals surface area contributed by atoms with Crippen LogP contribution >= 0.6 is 0 Å². The zero-order chi connectivity index (χ0) is 14.5. The van der Waals surface area contributed by atoms with Crippen molar-refractivity contribution in [3.8, 4) is 0 Å². The van der Waals surface area contributed by atoms with Crippen LogP contribution < -0.4 is 0 Å². The smallest absolute Gasteiger partial charge is 0.163 e. The van der Waals surface area contributed by atoms with Gasteiger partial charge in [0.05, 0.1) is 0 Å². The molecule has 2 heteroatoms. The van der Waals surface area contributed by atoms with E-state index in [2.05, 4.69) is 24.3 Å². The molecule has 0 fully saturated rings. The zero-order valence-electron chi connectivity index (χ0n) is 11.8. The predicted octanol–water partition coefficient (Wildman–Crippen LogP) is 4.01. The molecule has 0 aliphatic carbocycles. The van der Waals surface area contributed by atoms with Crippen LogP contribution in [0.5, 0.6) is 0 Å². The van der Waals surface area contributed by atoms with E-state index in [0.717, 1.165) is 12.0 Å². The lowest BCUT2D eigenvalue weighted by Crippen LogP contribution is -2.03. The Kier molecular flexibility index (Phi) is 4.46. The second kappa shape index (κ2) is 6.29. The maximum atomic E-state index is 12.1. The van der Waals surface area contributed by atoms with Gasteiger partial charge >= 0.3 is 0 Å². The van der Waals surface area contributed by atoms with Crippen LogP contribution in [0.15, 0.2) is 48.5 Å². The molecule has 2 aromatic carbocycles. The van der Waals surface area contributed by atoms with Crippen LogP contribution in [0.3, 0.4) is 0 Å². The van der Waals surface area contributed by atoms with Crippen molar-refractivity contribution in [1.29, 1.82) is 0 Å². The minimum atomic E-state index is -0.0156. The van der Waals surface area contributed by atoms with Crippen LogP contribution in [0.4, 0.5) is 0 Å². The minimum Gasteiger partial charge on any atom is -0.295 e. The monoisotopic (exact) mass is 266 g/mol. The standard InChI is InChI=1S/C18H18O2/c1-13-6-8-15(9-7-13)10-11-18(20)17-5-3-4-16(12-17)14(2)19/h3-9,12H,10-11H2,1-2H3. The highest BCUT2D eigenvalue weighted by Crippen LogP contribution is 2.12. The van der Waals surface area contributed by atoms with Gasteiger partial charge in [-0.3, -0.25) is 9.59 Å². The largest absolute Gasteiger partial charge is 0.295 e. The molecule has 0 aromatic heterocycles. The van der Waals surface area contributed by atoms with Crippen molar-refractivity contribution in [2.24, 2.45) is 0 Å². The summed E-state index contributed by atoms with van der Waals surface area (Å²) in [5, 5.41) is 0. The summed E-state index contributed by atoms with van der Waals surface area (Å²) in [6.07, 6.45) is 1.19. The van der Waals surface area contributed by atoms with Gasteiger partial charge < -0.3 is 0 Å². The Morgan fingerprint density at radius 1 is 0.950 bits per heavy atom.